The van der Waals surface area contributed by atoms with Crippen LogP contribution in [0.3, 0.4) is 0 Å². The Morgan fingerprint density at radius 2 is 1.23 bits per heavy atom. The lowest BCUT2D eigenvalue weighted by atomic mass is 10.3. The Bertz CT molecular complexity index is 797. The van der Waals surface area contributed by atoms with Crippen molar-refractivity contribution in [3.8, 4) is 11.5 Å². The van der Waals surface area contributed by atoms with Gasteiger partial charge in [-0.15, -0.1) is 0 Å². The lowest BCUT2D eigenvalue weighted by molar-refractivity contribution is 0.442. The quantitative estimate of drug-likeness (QED) is 0.441. The van der Waals surface area contributed by atoms with Gasteiger partial charge in [-0.25, -0.2) is 8.78 Å². The Balaban J connectivity index is 1.97. The Labute approximate surface area is 129 Å². The van der Waals surface area contributed by atoms with Crippen molar-refractivity contribution in [1.82, 2.24) is 0 Å². The molecule has 0 N–H and O–H groups in total. The second-order valence-corrected chi connectivity index (χ2v) is 6.87. The van der Waals surface area contributed by atoms with Gasteiger partial charge in [0, 0.05) is 24.3 Å². The number of halogens is 2. The Kier molecular flexibility index (Phi) is 3.12. The molecule has 3 aromatic carbocycles. The maximum Gasteiger partial charge on any atom is 0.209 e. The monoisotopic (exact) mass is 313 g/mol. The van der Waals surface area contributed by atoms with Crippen LogP contribution in [0.15, 0.2) is 81.4 Å². The maximum absolute atomic E-state index is 13.5. The number of hydrogen-bond donors (Lipinski definition) is 0. The summed E-state index contributed by atoms with van der Waals surface area (Å²) in [6.07, 6.45) is 0. The molecule has 0 atom stereocenters. The fourth-order valence-electron chi connectivity index (χ4n) is 2.51. The molecule has 0 unspecified atom stereocenters. The van der Waals surface area contributed by atoms with E-state index in [1.807, 2.05) is 30.3 Å². The van der Waals surface area contributed by atoms with Gasteiger partial charge in [-0.2, -0.15) is 0 Å². The number of ether oxygens (including phenoxy) is 1. The maximum atomic E-state index is 13.5. The second kappa shape index (κ2) is 5.14. The van der Waals surface area contributed by atoms with Crippen LogP contribution in [0.2, 0.25) is 0 Å². The summed E-state index contributed by atoms with van der Waals surface area (Å²) in [7, 11) is -0.433. The van der Waals surface area contributed by atoms with Gasteiger partial charge in [0.15, 0.2) is 16.4 Å². The van der Waals surface area contributed by atoms with Gasteiger partial charge < -0.3 is 4.74 Å². The van der Waals surface area contributed by atoms with Crippen LogP contribution in [-0.2, 0) is 10.9 Å². The molecular weight excluding hydrogens is 302 g/mol. The molecule has 3 aromatic rings. The van der Waals surface area contributed by atoms with Crippen LogP contribution >= 0.6 is 0 Å². The van der Waals surface area contributed by atoms with Gasteiger partial charge in [0.2, 0.25) is 9.79 Å². The molecule has 0 bridgehead atoms. The Hall–Kier alpha value is -2.33. The lowest BCUT2D eigenvalue weighted by Crippen LogP contribution is -2.12. The molecule has 0 aromatic heterocycles. The standard InChI is InChI=1S/C18H11F2OS/c19-12-6-8-17-15(10-12)21-16-11-13(20)7-9-18(16)22(17)14-4-2-1-3-5-14/h1-11H/q+1. The molecule has 0 radical (unpaired) electrons. The van der Waals surface area contributed by atoms with Gasteiger partial charge in [0.25, 0.3) is 0 Å². The number of fused-ring (bicyclic) bond motifs is 2. The summed E-state index contributed by atoms with van der Waals surface area (Å²) in [4.78, 5) is 2.91. The van der Waals surface area contributed by atoms with Crippen LogP contribution in [0.5, 0.6) is 11.5 Å². The molecule has 0 saturated carbocycles. The highest BCUT2D eigenvalue weighted by molar-refractivity contribution is 7.97. The molecule has 0 amide bonds. The third-order valence-corrected chi connectivity index (χ3v) is 5.75. The van der Waals surface area contributed by atoms with Crippen molar-refractivity contribution < 1.29 is 13.5 Å². The molecule has 0 saturated heterocycles. The van der Waals surface area contributed by atoms with Crippen molar-refractivity contribution >= 4 is 10.9 Å². The summed E-state index contributed by atoms with van der Waals surface area (Å²) >= 11 is 0. The van der Waals surface area contributed by atoms with Gasteiger partial charge in [0.05, 0.1) is 0 Å². The predicted octanol–water partition coefficient (Wildman–Crippen LogP) is 5.17. The summed E-state index contributed by atoms with van der Waals surface area (Å²) in [6.45, 7) is 0. The minimum atomic E-state index is -0.433. The van der Waals surface area contributed by atoms with Crippen LogP contribution in [-0.4, -0.2) is 0 Å². The fourth-order valence-corrected chi connectivity index (χ4v) is 4.69. The van der Waals surface area contributed by atoms with E-state index in [1.54, 1.807) is 12.1 Å². The molecule has 1 aliphatic rings. The van der Waals surface area contributed by atoms with Crippen molar-refractivity contribution in [1.29, 1.82) is 0 Å². The minimum absolute atomic E-state index is 0.366. The first-order valence-corrected chi connectivity index (χ1v) is 8.01. The topological polar surface area (TPSA) is 9.23 Å². The molecule has 4 heteroatoms. The van der Waals surface area contributed by atoms with Crippen molar-refractivity contribution in [2.45, 2.75) is 14.7 Å². The minimum Gasteiger partial charge on any atom is -0.447 e. The molecule has 108 valence electrons. The van der Waals surface area contributed by atoms with E-state index >= 15 is 0 Å². The van der Waals surface area contributed by atoms with Crippen LogP contribution in [0.1, 0.15) is 0 Å². The van der Waals surface area contributed by atoms with Crippen LogP contribution in [0.4, 0.5) is 8.78 Å². The smallest absolute Gasteiger partial charge is 0.209 e. The second-order valence-electron chi connectivity index (χ2n) is 4.90. The highest BCUT2D eigenvalue weighted by Gasteiger charge is 2.39. The fraction of sp³-hybridized carbons (Fsp3) is 0. The molecule has 0 aliphatic carbocycles. The summed E-state index contributed by atoms with van der Waals surface area (Å²) < 4.78 is 32.8. The lowest BCUT2D eigenvalue weighted by Gasteiger charge is -2.19. The van der Waals surface area contributed by atoms with Gasteiger partial charge in [-0.05, 0) is 24.3 Å². The first kappa shape index (κ1) is 13.3. The molecular formula is C18H11F2OS+. The largest absolute Gasteiger partial charge is 0.447 e. The van der Waals surface area contributed by atoms with E-state index in [4.69, 9.17) is 4.74 Å². The Morgan fingerprint density at radius 3 is 1.77 bits per heavy atom. The summed E-state index contributed by atoms with van der Waals surface area (Å²) in [5, 5.41) is 0. The van der Waals surface area contributed by atoms with Crippen molar-refractivity contribution in [3.05, 3.63) is 78.4 Å². The van der Waals surface area contributed by atoms with Gasteiger partial charge in [-0.1, -0.05) is 18.2 Å². The molecule has 1 heterocycles. The zero-order valence-corrected chi connectivity index (χ0v) is 12.2. The first-order valence-electron chi connectivity index (χ1n) is 6.79. The van der Waals surface area contributed by atoms with Gasteiger partial charge >= 0.3 is 0 Å². The van der Waals surface area contributed by atoms with Crippen LogP contribution in [0.25, 0.3) is 0 Å². The van der Waals surface area contributed by atoms with E-state index in [2.05, 4.69) is 0 Å². The van der Waals surface area contributed by atoms with Gasteiger partial charge in [-0.3, -0.25) is 0 Å². The van der Waals surface area contributed by atoms with E-state index in [0.717, 1.165) is 14.7 Å². The highest BCUT2D eigenvalue weighted by atomic mass is 32.2. The zero-order chi connectivity index (χ0) is 15.1. The van der Waals surface area contributed by atoms with Crippen molar-refractivity contribution in [2.75, 3.05) is 0 Å². The average molecular weight is 313 g/mol. The molecule has 0 fully saturated rings. The summed E-state index contributed by atoms with van der Waals surface area (Å²) in [5.74, 6) is 0.168. The van der Waals surface area contributed by atoms with E-state index < -0.39 is 10.9 Å². The molecule has 22 heavy (non-hydrogen) atoms. The summed E-state index contributed by atoms with van der Waals surface area (Å²) in [5.41, 5.74) is 0. The SMILES string of the molecule is Fc1ccc2c(c1)Oc1cc(F)ccc1[S+]2c1ccccc1. The van der Waals surface area contributed by atoms with E-state index in [0.29, 0.717) is 11.5 Å². The van der Waals surface area contributed by atoms with Crippen LogP contribution < -0.4 is 4.74 Å². The zero-order valence-electron chi connectivity index (χ0n) is 11.4. The normalized spacial score (nSPS) is 13.2. The summed E-state index contributed by atoms with van der Waals surface area (Å²) in [6, 6.07) is 19.0. The predicted molar refractivity (Wildman–Crippen MR) is 81.5 cm³/mol. The Morgan fingerprint density at radius 1 is 0.682 bits per heavy atom. The van der Waals surface area contributed by atoms with E-state index in [9.17, 15) is 8.78 Å². The number of rotatable bonds is 1. The molecule has 1 aliphatic heterocycles. The molecule has 0 spiro atoms. The molecule has 1 nitrogen and oxygen atoms in total. The van der Waals surface area contributed by atoms with E-state index in [-0.39, 0.29) is 11.6 Å². The van der Waals surface area contributed by atoms with Gasteiger partial charge in [0.1, 0.15) is 22.5 Å². The third kappa shape index (κ3) is 2.16. The van der Waals surface area contributed by atoms with Crippen molar-refractivity contribution in [3.63, 3.8) is 0 Å². The van der Waals surface area contributed by atoms with Crippen LogP contribution in [0, 0.1) is 11.6 Å². The van der Waals surface area contributed by atoms with Crippen molar-refractivity contribution in [2.24, 2.45) is 0 Å². The highest BCUT2D eigenvalue weighted by Crippen LogP contribution is 2.47. The molecule has 4 rings (SSSR count). The number of hydrogen-bond acceptors (Lipinski definition) is 1. The van der Waals surface area contributed by atoms with E-state index in [1.165, 1.54) is 24.3 Å². The number of benzene rings is 3. The first-order chi connectivity index (χ1) is 10.7. The third-order valence-electron chi connectivity index (χ3n) is 3.45. The average Bonchev–Trinajstić information content (AvgIpc) is 2.53.